The first-order valence-electron chi connectivity index (χ1n) is 6.36. The Labute approximate surface area is 120 Å². The fourth-order valence-electron chi connectivity index (χ4n) is 2.00. The van der Waals surface area contributed by atoms with Crippen molar-refractivity contribution in [1.29, 1.82) is 0 Å². The highest BCUT2D eigenvalue weighted by atomic mass is 16.5. The van der Waals surface area contributed by atoms with E-state index in [1.54, 1.807) is 32.0 Å². The Hall–Kier alpha value is -2.82. The number of carbonyl (C=O) groups is 2. The van der Waals surface area contributed by atoms with Gasteiger partial charge in [-0.25, -0.2) is 4.79 Å². The van der Waals surface area contributed by atoms with E-state index in [1.165, 1.54) is 18.4 Å². The first-order valence-corrected chi connectivity index (χ1v) is 6.36. The van der Waals surface area contributed by atoms with Crippen molar-refractivity contribution >= 4 is 11.8 Å². The second-order valence-electron chi connectivity index (χ2n) is 4.79. The molecule has 0 bridgehead atoms. The van der Waals surface area contributed by atoms with Crippen LogP contribution in [0.2, 0.25) is 0 Å². The quantitative estimate of drug-likeness (QED) is 0.480. The van der Waals surface area contributed by atoms with E-state index in [0.29, 0.717) is 17.1 Å². The van der Waals surface area contributed by atoms with Crippen molar-refractivity contribution in [2.75, 3.05) is 0 Å². The largest absolute Gasteiger partial charge is 0.457 e. The summed E-state index contributed by atoms with van der Waals surface area (Å²) in [6.45, 7) is 3.61. The molecule has 0 aliphatic carbocycles. The molecule has 0 saturated heterocycles. The maximum atomic E-state index is 12.1. The predicted molar refractivity (Wildman–Crippen MR) is 73.4 cm³/mol. The highest BCUT2D eigenvalue weighted by Crippen LogP contribution is 2.35. The van der Waals surface area contributed by atoms with Gasteiger partial charge < -0.3 is 13.9 Å². The summed E-state index contributed by atoms with van der Waals surface area (Å²) in [7, 11) is 0. The number of benzene rings is 1. The first-order chi connectivity index (χ1) is 10.1. The van der Waals surface area contributed by atoms with E-state index in [-0.39, 0.29) is 17.3 Å². The molecule has 0 atom stereocenters. The molecule has 21 heavy (non-hydrogen) atoms. The molecule has 2 heterocycles. The maximum Gasteiger partial charge on any atom is 0.379 e. The number of carbonyl (C=O) groups excluding carboxylic acids is 2. The summed E-state index contributed by atoms with van der Waals surface area (Å²) in [5, 5.41) is 0. The summed E-state index contributed by atoms with van der Waals surface area (Å²) in [4.78, 5) is 23.8. The number of ketones is 1. The van der Waals surface area contributed by atoms with Crippen molar-refractivity contribution in [1.82, 2.24) is 0 Å². The molecule has 1 aliphatic rings. The lowest BCUT2D eigenvalue weighted by Crippen LogP contribution is -2.07. The Kier molecular flexibility index (Phi) is 3.10. The third kappa shape index (κ3) is 2.33. The van der Waals surface area contributed by atoms with Crippen LogP contribution in [0.4, 0.5) is 0 Å². The summed E-state index contributed by atoms with van der Waals surface area (Å²) < 4.78 is 15.6. The zero-order valence-corrected chi connectivity index (χ0v) is 11.5. The molecule has 106 valence electrons. The van der Waals surface area contributed by atoms with Gasteiger partial charge in [0, 0.05) is 6.07 Å². The van der Waals surface area contributed by atoms with Crippen LogP contribution in [0.5, 0.6) is 11.5 Å². The average Bonchev–Trinajstić information content (AvgIpc) is 3.07. The van der Waals surface area contributed by atoms with Gasteiger partial charge in [0.1, 0.15) is 11.5 Å². The molecule has 5 heteroatoms. The number of Topliss-reactive ketones (excluding diaryl/α,β-unsaturated/α-hetero) is 1. The van der Waals surface area contributed by atoms with E-state index < -0.39 is 5.97 Å². The molecule has 5 nitrogen and oxygen atoms in total. The molecule has 2 aromatic rings. The zero-order chi connectivity index (χ0) is 15.0. The Bertz CT molecular complexity index is 749. The molecule has 1 aliphatic heterocycles. The van der Waals surface area contributed by atoms with Gasteiger partial charge in [-0.3, -0.25) is 4.79 Å². The number of allylic oxidation sites excluding steroid dienone is 2. The summed E-state index contributed by atoms with van der Waals surface area (Å²) >= 11 is 0. The van der Waals surface area contributed by atoms with Crippen LogP contribution in [-0.2, 0) is 0 Å². The van der Waals surface area contributed by atoms with Gasteiger partial charge in [0.15, 0.2) is 5.76 Å². The molecule has 0 radical (unpaired) electrons. The molecule has 3 rings (SSSR count). The number of rotatable bonds is 2. The number of esters is 1. The van der Waals surface area contributed by atoms with Crippen LogP contribution in [0.15, 0.2) is 52.3 Å². The van der Waals surface area contributed by atoms with Crippen molar-refractivity contribution < 1.29 is 23.5 Å². The minimum atomic E-state index is -0.605. The number of hydrogen-bond donors (Lipinski definition) is 0. The van der Waals surface area contributed by atoms with Gasteiger partial charge in [-0.05, 0) is 43.7 Å². The minimum absolute atomic E-state index is 0.109. The Morgan fingerprint density at radius 3 is 2.67 bits per heavy atom. The van der Waals surface area contributed by atoms with Crippen molar-refractivity contribution in [2.24, 2.45) is 0 Å². The van der Waals surface area contributed by atoms with Crippen LogP contribution in [0.3, 0.4) is 0 Å². The molecular weight excluding hydrogens is 272 g/mol. The van der Waals surface area contributed by atoms with Gasteiger partial charge >= 0.3 is 5.97 Å². The van der Waals surface area contributed by atoms with Crippen LogP contribution in [0.25, 0.3) is 0 Å². The van der Waals surface area contributed by atoms with Crippen molar-refractivity contribution in [2.45, 2.75) is 13.8 Å². The second kappa shape index (κ2) is 4.94. The molecule has 1 aromatic heterocycles. The van der Waals surface area contributed by atoms with Gasteiger partial charge in [0.05, 0.1) is 11.8 Å². The lowest BCUT2D eigenvalue weighted by atomic mass is 10.1. The molecule has 0 saturated carbocycles. The number of ether oxygens (including phenoxy) is 2. The van der Waals surface area contributed by atoms with Gasteiger partial charge in [0.25, 0.3) is 0 Å². The minimum Gasteiger partial charge on any atom is -0.457 e. The first kappa shape index (κ1) is 13.2. The van der Waals surface area contributed by atoms with E-state index in [0.717, 1.165) is 5.57 Å². The van der Waals surface area contributed by atoms with Crippen LogP contribution >= 0.6 is 0 Å². The van der Waals surface area contributed by atoms with Gasteiger partial charge in [-0.1, -0.05) is 0 Å². The van der Waals surface area contributed by atoms with Crippen LogP contribution in [0.1, 0.15) is 34.8 Å². The molecule has 0 unspecified atom stereocenters. The topological polar surface area (TPSA) is 65.7 Å². The number of hydrogen-bond acceptors (Lipinski definition) is 5. The molecule has 1 aromatic carbocycles. The molecule has 0 N–H and O–H groups in total. The summed E-state index contributed by atoms with van der Waals surface area (Å²) in [6.07, 6.45) is 1.39. The lowest BCUT2D eigenvalue weighted by Gasteiger charge is -2.04. The van der Waals surface area contributed by atoms with Crippen molar-refractivity contribution in [3.63, 3.8) is 0 Å². The fraction of sp³-hybridized carbons (Fsp3) is 0.125. The zero-order valence-electron chi connectivity index (χ0n) is 11.5. The predicted octanol–water partition coefficient (Wildman–Crippen LogP) is 3.37. The normalized spacial score (nSPS) is 12.9. The highest BCUT2D eigenvalue weighted by Gasteiger charge is 2.28. The van der Waals surface area contributed by atoms with E-state index >= 15 is 0 Å². The number of fused-ring (bicyclic) bond motifs is 1. The van der Waals surface area contributed by atoms with Crippen molar-refractivity contribution in [3.05, 3.63) is 59.3 Å². The van der Waals surface area contributed by atoms with E-state index in [9.17, 15) is 9.59 Å². The number of furan rings is 1. The Balaban J connectivity index is 1.86. The van der Waals surface area contributed by atoms with Crippen LogP contribution in [-0.4, -0.2) is 11.8 Å². The van der Waals surface area contributed by atoms with E-state index in [1.807, 2.05) is 0 Å². The average molecular weight is 284 g/mol. The van der Waals surface area contributed by atoms with Gasteiger partial charge in [-0.2, -0.15) is 0 Å². The monoisotopic (exact) mass is 284 g/mol. The highest BCUT2D eigenvalue weighted by molar-refractivity contribution is 6.12. The maximum absolute atomic E-state index is 12.1. The smallest absolute Gasteiger partial charge is 0.379 e. The summed E-state index contributed by atoms with van der Waals surface area (Å²) in [6, 6.07) is 7.76. The summed E-state index contributed by atoms with van der Waals surface area (Å²) in [5.74, 6) is 0.344. The van der Waals surface area contributed by atoms with Gasteiger partial charge in [-0.15, -0.1) is 0 Å². The summed E-state index contributed by atoms with van der Waals surface area (Å²) in [5.41, 5.74) is 1.26. The van der Waals surface area contributed by atoms with Crippen molar-refractivity contribution in [3.8, 4) is 11.5 Å². The van der Waals surface area contributed by atoms with E-state index in [2.05, 4.69) is 0 Å². The third-order valence-corrected chi connectivity index (χ3v) is 3.00. The second-order valence-corrected chi connectivity index (χ2v) is 4.79. The third-order valence-electron chi connectivity index (χ3n) is 3.00. The van der Waals surface area contributed by atoms with Crippen LogP contribution < -0.4 is 9.47 Å². The molecule has 0 amide bonds. The molecule has 0 spiro atoms. The Morgan fingerprint density at radius 1 is 1.19 bits per heavy atom. The molecular formula is C16H12O5. The standard InChI is InChI=1S/C16H12O5/c1-9(2)15-14(17)11-6-5-10(8-13(11)21-15)20-16(18)12-4-3-7-19-12/h3-8H,1-2H3. The van der Waals surface area contributed by atoms with Crippen LogP contribution in [0, 0.1) is 0 Å². The Morgan fingerprint density at radius 2 is 2.00 bits per heavy atom. The van der Waals surface area contributed by atoms with Gasteiger partial charge in [0.2, 0.25) is 11.5 Å². The molecule has 0 fully saturated rings. The van der Waals surface area contributed by atoms with E-state index in [4.69, 9.17) is 13.9 Å². The fourth-order valence-corrected chi connectivity index (χ4v) is 2.00. The lowest BCUT2D eigenvalue weighted by molar-refractivity contribution is 0.0701. The SMILES string of the molecule is CC(C)=C1Oc2cc(OC(=O)c3ccco3)ccc2C1=O.